The van der Waals surface area contributed by atoms with Crippen molar-refractivity contribution < 1.29 is 14.2 Å². The number of rotatable bonds is 4. The van der Waals surface area contributed by atoms with Gasteiger partial charge in [-0.1, -0.05) is 13.8 Å². The van der Waals surface area contributed by atoms with Gasteiger partial charge >= 0.3 is 0 Å². The van der Waals surface area contributed by atoms with Crippen molar-refractivity contribution in [1.29, 1.82) is 0 Å². The Bertz CT molecular complexity index is 297. The number of benzene rings is 1. The van der Waals surface area contributed by atoms with E-state index in [9.17, 15) is 4.39 Å². The van der Waals surface area contributed by atoms with E-state index in [-0.39, 0.29) is 12.4 Å². The molecular weight excluding hydrogens is 183 g/mol. The van der Waals surface area contributed by atoms with Gasteiger partial charge in [-0.05, 0) is 24.1 Å². The Hall–Kier alpha value is -1.09. The molecule has 78 valence electrons. The zero-order chi connectivity index (χ0) is 10.6. The Morgan fingerprint density at radius 1 is 1.43 bits per heavy atom. The van der Waals surface area contributed by atoms with E-state index in [4.69, 9.17) is 9.84 Å². The number of ether oxygens (including phenoxy) is 1. The van der Waals surface area contributed by atoms with Gasteiger partial charge in [-0.25, -0.2) is 4.39 Å². The van der Waals surface area contributed by atoms with Crippen LogP contribution in [0.25, 0.3) is 0 Å². The molecule has 0 saturated carbocycles. The van der Waals surface area contributed by atoms with E-state index in [0.717, 1.165) is 0 Å². The van der Waals surface area contributed by atoms with Crippen molar-refractivity contribution in [3.05, 3.63) is 29.6 Å². The van der Waals surface area contributed by atoms with Gasteiger partial charge in [0.1, 0.15) is 11.6 Å². The first-order valence-corrected chi connectivity index (χ1v) is 4.65. The van der Waals surface area contributed by atoms with E-state index in [1.165, 1.54) is 12.1 Å². The number of aliphatic hydroxyl groups is 1. The number of aliphatic hydroxyl groups excluding tert-OH is 1. The van der Waals surface area contributed by atoms with Crippen molar-refractivity contribution in [3.8, 4) is 5.75 Å². The van der Waals surface area contributed by atoms with Crippen molar-refractivity contribution >= 4 is 0 Å². The van der Waals surface area contributed by atoms with E-state index in [1.807, 2.05) is 13.8 Å². The molecule has 0 atom stereocenters. The average Bonchev–Trinajstić information content (AvgIpc) is 2.15. The minimum Gasteiger partial charge on any atom is -0.493 e. The predicted octanol–water partition coefficient (Wildman–Crippen LogP) is 2.35. The maximum atomic E-state index is 12.8. The summed E-state index contributed by atoms with van der Waals surface area (Å²) in [6, 6.07) is 4.16. The lowest BCUT2D eigenvalue weighted by Crippen LogP contribution is -2.06. The van der Waals surface area contributed by atoms with Crippen molar-refractivity contribution in [2.24, 2.45) is 5.92 Å². The summed E-state index contributed by atoms with van der Waals surface area (Å²) in [6.07, 6.45) is 0. The van der Waals surface area contributed by atoms with E-state index < -0.39 is 0 Å². The molecular formula is C11H15FO2. The van der Waals surface area contributed by atoms with Crippen LogP contribution in [0.15, 0.2) is 18.2 Å². The average molecular weight is 198 g/mol. The fourth-order valence-corrected chi connectivity index (χ4v) is 1.07. The van der Waals surface area contributed by atoms with Gasteiger partial charge in [0, 0.05) is 5.56 Å². The van der Waals surface area contributed by atoms with Crippen LogP contribution in [-0.2, 0) is 6.61 Å². The summed E-state index contributed by atoms with van der Waals surface area (Å²) in [5, 5.41) is 8.96. The van der Waals surface area contributed by atoms with E-state index in [2.05, 4.69) is 0 Å². The molecule has 0 fully saturated rings. The third-order valence-corrected chi connectivity index (χ3v) is 1.77. The van der Waals surface area contributed by atoms with Gasteiger partial charge in [-0.2, -0.15) is 0 Å². The molecule has 0 aliphatic carbocycles. The maximum absolute atomic E-state index is 12.8. The number of halogens is 1. The summed E-state index contributed by atoms with van der Waals surface area (Å²) in [5.41, 5.74) is 0.491. The molecule has 0 bridgehead atoms. The highest BCUT2D eigenvalue weighted by atomic mass is 19.1. The van der Waals surface area contributed by atoms with Crippen LogP contribution in [0.5, 0.6) is 5.75 Å². The summed E-state index contributed by atoms with van der Waals surface area (Å²) in [5.74, 6) is 0.611. The van der Waals surface area contributed by atoms with E-state index in [0.29, 0.717) is 23.8 Å². The normalized spacial score (nSPS) is 10.6. The summed E-state index contributed by atoms with van der Waals surface area (Å²) in [6.45, 7) is 4.42. The Kier molecular flexibility index (Phi) is 3.89. The number of hydrogen-bond donors (Lipinski definition) is 1. The molecule has 0 aromatic heterocycles. The Morgan fingerprint density at radius 2 is 2.14 bits per heavy atom. The van der Waals surface area contributed by atoms with Gasteiger partial charge in [-0.15, -0.1) is 0 Å². The summed E-state index contributed by atoms with van der Waals surface area (Å²) in [7, 11) is 0. The van der Waals surface area contributed by atoms with Crippen molar-refractivity contribution in [1.82, 2.24) is 0 Å². The molecule has 0 amide bonds. The maximum Gasteiger partial charge on any atom is 0.125 e. The highest BCUT2D eigenvalue weighted by molar-refractivity contribution is 5.33. The predicted molar refractivity (Wildman–Crippen MR) is 52.7 cm³/mol. The van der Waals surface area contributed by atoms with E-state index in [1.54, 1.807) is 6.07 Å². The Morgan fingerprint density at radius 3 is 2.71 bits per heavy atom. The van der Waals surface area contributed by atoms with E-state index >= 15 is 0 Å². The Labute approximate surface area is 83.3 Å². The van der Waals surface area contributed by atoms with Crippen LogP contribution in [0.1, 0.15) is 19.4 Å². The fraction of sp³-hybridized carbons (Fsp3) is 0.455. The smallest absolute Gasteiger partial charge is 0.125 e. The zero-order valence-corrected chi connectivity index (χ0v) is 8.46. The first-order chi connectivity index (χ1) is 6.63. The van der Waals surface area contributed by atoms with Gasteiger partial charge in [0.15, 0.2) is 0 Å². The highest BCUT2D eigenvalue weighted by Crippen LogP contribution is 2.20. The lowest BCUT2D eigenvalue weighted by Gasteiger charge is -2.11. The quantitative estimate of drug-likeness (QED) is 0.804. The van der Waals surface area contributed by atoms with Crippen LogP contribution in [-0.4, -0.2) is 11.7 Å². The third-order valence-electron chi connectivity index (χ3n) is 1.77. The minimum absolute atomic E-state index is 0.203. The monoisotopic (exact) mass is 198 g/mol. The van der Waals surface area contributed by atoms with Crippen molar-refractivity contribution in [3.63, 3.8) is 0 Å². The van der Waals surface area contributed by atoms with Crippen LogP contribution in [0.3, 0.4) is 0 Å². The van der Waals surface area contributed by atoms with Crippen LogP contribution in [0, 0.1) is 11.7 Å². The largest absolute Gasteiger partial charge is 0.493 e. The molecule has 0 radical (unpaired) electrons. The first kappa shape index (κ1) is 11.0. The van der Waals surface area contributed by atoms with Crippen LogP contribution >= 0.6 is 0 Å². The van der Waals surface area contributed by atoms with Gasteiger partial charge in [-0.3, -0.25) is 0 Å². The minimum atomic E-state index is -0.356. The molecule has 2 nitrogen and oxygen atoms in total. The molecule has 0 aliphatic rings. The molecule has 0 aliphatic heterocycles. The van der Waals surface area contributed by atoms with Crippen LogP contribution in [0.4, 0.5) is 4.39 Å². The molecule has 1 aromatic carbocycles. The van der Waals surface area contributed by atoms with Gasteiger partial charge in [0.05, 0.1) is 13.2 Å². The molecule has 14 heavy (non-hydrogen) atoms. The van der Waals surface area contributed by atoms with Gasteiger partial charge in [0.25, 0.3) is 0 Å². The second kappa shape index (κ2) is 4.96. The van der Waals surface area contributed by atoms with Gasteiger partial charge < -0.3 is 9.84 Å². The molecule has 1 N–H and O–H groups in total. The molecule has 0 saturated heterocycles. The SMILES string of the molecule is CC(C)COc1ccc(F)cc1CO. The zero-order valence-electron chi connectivity index (χ0n) is 8.46. The molecule has 0 spiro atoms. The lowest BCUT2D eigenvalue weighted by atomic mass is 10.2. The van der Waals surface area contributed by atoms with Gasteiger partial charge in [0.2, 0.25) is 0 Å². The molecule has 1 rings (SSSR count). The summed E-state index contributed by atoms with van der Waals surface area (Å²) in [4.78, 5) is 0. The first-order valence-electron chi connectivity index (χ1n) is 4.65. The Balaban J connectivity index is 2.75. The molecule has 1 aromatic rings. The molecule has 0 heterocycles. The summed E-state index contributed by atoms with van der Waals surface area (Å²) < 4.78 is 18.2. The second-order valence-corrected chi connectivity index (χ2v) is 3.62. The molecule has 3 heteroatoms. The molecule has 0 unspecified atom stereocenters. The van der Waals surface area contributed by atoms with Crippen LogP contribution in [0.2, 0.25) is 0 Å². The topological polar surface area (TPSA) is 29.5 Å². The lowest BCUT2D eigenvalue weighted by molar-refractivity contribution is 0.245. The standard InChI is InChI=1S/C11H15FO2/c1-8(2)7-14-11-4-3-10(12)5-9(11)6-13/h3-5,8,13H,6-7H2,1-2H3. The summed E-state index contributed by atoms with van der Waals surface area (Å²) >= 11 is 0. The van der Waals surface area contributed by atoms with Crippen LogP contribution < -0.4 is 4.74 Å². The fourth-order valence-electron chi connectivity index (χ4n) is 1.07. The third kappa shape index (κ3) is 3.00. The second-order valence-electron chi connectivity index (χ2n) is 3.62. The van der Waals surface area contributed by atoms with Crippen molar-refractivity contribution in [2.45, 2.75) is 20.5 Å². The van der Waals surface area contributed by atoms with Crippen molar-refractivity contribution in [2.75, 3.05) is 6.61 Å². The number of hydrogen-bond acceptors (Lipinski definition) is 2. The highest BCUT2D eigenvalue weighted by Gasteiger charge is 2.05.